The Labute approximate surface area is 195 Å². The molecule has 0 spiro atoms. The van der Waals surface area contributed by atoms with Crippen molar-refractivity contribution in [1.29, 1.82) is 0 Å². The van der Waals surface area contributed by atoms with Crippen LogP contribution in [-0.4, -0.2) is 41.2 Å². The molecule has 2 aromatic rings. The lowest BCUT2D eigenvalue weighted by Gasteiger charge is -2.34. The topological polar surface area (TPSA) is 40.6 Å². The maximum absolute atomic E-state index is 13.4. The summed E-state index contributed by atoms with van der Waals surface area (Å²) >= 11 is 6.08. The van der Waals surface area contributed by atoms with E-state index in [2.05, 4.69) is 36.1 Å². The Morgan fingerprint density at radius 2 is 1.59 bits per heavy atom. The second-order valence-electron chi connectivity index (χ2n) is 8.82. The van der Waals surface area contributed by atoms with Crippen molar-refractivity contribution in [2.75, 3.05) is 19.6 Å². The van der Waals surface area contributed by atoms with Gasteiger partial charge in [0, 0.05) is 24.7 Å². The molecule has 0 saturated carbocycles. The molecule has 0 bridgehead atoms. The van der Waals surface area contributed by atoms with E-state index in [4.69, 9.17) is 11.6 Å². The van der Waals surface area contributed by atoms with Crippen LogP contribution >= 0.6 is 11.6 Å². The Balaban J connectivity index is 1.54. The molecule has 168 valence electrons. The summed E-state index contributed by atoms with van der Waals surface area (Å²) in [7, 11) is 0. The standard InChI is InChI=1S/C27H31ClN2O2/c1-2-3-7-16-30-26(31)24(22-10-12-23(28)13-11-22)25(27(30)32)29-17-14-21(15-18-29)19-20-8-5-4-6-9-20/h4-6,8-13,21H,2-3,7,14-19H2,1H3. The largest absolute Gasteiger partial charge is 0.366 e. The zero-order valence-corrected chi connectivity index (χ0v) is 19.5. The maximum atomic E-state index is 13.4. The van der Waals surface area contributed by atoms with E-state index in [0.29, 0.717) is 28.8 Å². The molecular formula is C27H31ClN2O2. The number of likely N-dealkylation sites (tertiary alicyclic amines) is 1. The lowest BCUT2D eigenvalue weighted by atomic mass is 9.89. The molecule has 4 rings (SSSR count). The van der Waals surface area contributed by atoms with Crippen LogP contribution in [0.5, 0.6) is 0 Å². The first-order valence-corrected chi connectivity index (χ1v) is 12.1. The molecule has 2 aromatic carbocycles. The first kappa shape index (κ1) is 22.6. The minimum absolute atomic E-state index is 0.141. The highest BCUT2D eigenvalue weighted by Crippen LogP contribution is 2.35. The SMILES string of the molecule is CCCCCN1C(=O)C(c2ccc(Cl)cc2)=C(N2CCC(Cc3ccccc3)CC2)C1=O. The third-order valence-corrected chi connectivity index (χ3v) is 6.81. The van der Waals surface area contributed by atoms with Gasteiger partial charge in [0.15, 0.2) is 0 Å². The Kier molecular flexibility index (Phi) is 7.31. The molecule has 2 heterocycles. The minimum atomic E-state index is -0.171. The highest BCUT2D eigenvalue weighted by molar-refractivity contribution is 6.36. The Morgan fingerprint density at radius 3 is 2.25 bits per heavy atom. The number of hydrogen-bond acceptors (Lipinski definition) is 3. The molecule has 0 radical (unpaired) electrons. The van der Waals surface area contributed by atoms with E-state index in [0.717, 1.165) is 57.2 Å². The summed E-state index contributed by atoms with van der Waals surface area (Å²) in [6.45, 7) is 4.20. The van der Waals surface area contributed by atoms with Crippen LogP contribution in [0.3, 0.4) is 0 Å². The lowest BCUT2D eigenvalue weighted by Crippen LogP contribution is -2.39. The monoisotopic (exact) mass is 450 g/mol. The van der Waals surface area contributed by atoms with Crippen LogP contribution in [0.15, 0.2) is 60.3 Å². The van der Waals surface area contributed by atoms with E-state index in [1.54, 1.807) is 12.1 Å². The molecule has 0 aromatic heterocycles. The van der Waals surface area contributed by atoms with E-state index in [9.17, 15) is 9.59 Å². The average molecular weight is 451 g/mol. The van der Waals surface area contributed by atoms with E-state index < -0.39 is 0 Å². The number of amides is 2. The van der Waals surface area contributed by atoms with Gasteiger partial charge < -0.3 is 4.90 Å². The smallest absolute Gasteiger partial charge is 0.277 e. The zero-order chi connectivity index (χ0) is 22.5. The van der Waals surface area contributed by atoms with Crippen molar-refractivity contribution in [3.05, 3.63) is 76.4 Å². The van der Waals surface area contributed by atoms with Gasteiger partial charge in [0.1, 0.15) is 5.70 Å². The summed E-state index contributed by atoms with van der Waals surface area (Å²) in [4.78, 5) is 30.3. The fourth-order valence-corrected chi connectivity index (χ4v) is 4.89. The number of unbranched alkanes of at least 4 members (excludes halogenated alkanes) is 2. The molecule has 0 unspecified atom stereocenters. The average Bonchev–Trinajstić information content (AvgIpc) is 3.06. The third-order valence-electron chi connectivity index (χ3n) is 6.56. The Morgan fingerprint density at radius 1 is 0.906 bits per heavy atom. The summed E-state index contributed by atoms with van der Waals surface area (Å²) in [6.07, 6.45) is 6.00. The molecule has 1 fully saturated rings. The van der Waals surface area contributed by atoms with Crippen LogP contribution in [-0.2, 0) is 16.0 Å². The molecule has 0 N–H and O–H groups in total. The fraction of sp³-hybridized carbons (Fsp3) is 0.407. The normalized spacial score (nSPS) is 17.6. The molecule has 1 saturated heterocycles. The van der Waals surface area contributed by atoms with Gasteiger partial charge in [0.25, 0.3) is 11.8 Å². The second-order valence-corrected chi connectivity index (χ2v) is 9.26. The number of carbonyl (C=O) groups excluding carboxylic acids is 2. The zero-order valence-electron chi connectivity index (χ0n) is 18.7. The number of hydrogen-bond donors (Lipinski definition) is 0. The summed E-state index contributed by atoms with van der Waals surface area (Å²) in [5.41, 5.74) is 3.24. The minimum Gasteiger partial charge on any atom is -0.366 e. The van der Waals surface area contributed by atoms with Crippen molar-refractivity contribution in [2.24, 2.45) is 5.92 Å². The maximum Gasteiger partial charge on any atom is 0.277 e. The molecule has 0 aliphatic carbocycles. The summed E-state index contributed by atoms with van der Waals surface area (Å²) in [5, 5.41) is 0.620. The quantitative estimate of drug-likeness (QED) is 0.390. The molecule has 2 aliphatic heterocycles. The number of carbonyl (C=O) groups is 2. The number of piperidine rings is 1. The molecule has 32 heavy (non-hydrogen) atoms. The van der Waals surface area contributed by atoms with Gasteiger partial charge in [-0.25, -0.2) is 0 Å². The van der Waals surface area contributed by atoms with Gasteiger partial charge in [-0.1, -0.05) is 73.8 Å². The summed E-state index contributed by atoms with van der Waals surface area (Å²) in [5.74, 6) is 0.286. The van der Waals surface area contributed by atoms with Gasteiger partial charge in [0.05, 0.1) is 5.57 Å². The van der Waals surface area contributed by atoms with Crippen molar-refractivity contribution >= 4 is 29.0 Å². The van der Waals surface area contributed by atoms with Gasteiger partial charge in [-0.15, -0.1) is 0 Å². The molecular weight excluding hydrogens is 420 g/mol. The first-order valence-electron chi connectivity index (χ1n) is 11.7. The number of nitrogens with zero attached hydrogens (tertiary/aromatic N) is 2. The number of halogens is 1. The van der Waals surface area contributed by atoms with Gasteiger partial charge in [-0.3, -0.25) is 14.5 Å². The predicted octanol–water partition coefficient (Wildman–Crippen LogP) is 5.56. The van der Waals surface area contributed by atoms with Crippen LogP contribution < -0.4 is 0 Å². The van der Waals surface area contributed by atoms with Gasteiger partial charge >= 0.3 is 0 Å². The Hall–Kier alpha value is -2.59. The molecule has 2 amide bonds. The molecule has 0 atom stereocenters. The summed E-state index contributed by atoms with van der Waals surface area (Å²) in [6, 6.07) is 17.8. The fourth-order valence-electron chi connectivity index (χ4n) is 4.76. The van der Waals surface area contributed by atoms with Crippen LogP contribution in [0, 0.1) is 5.92 Å². The van der Waals surface area contributed by atoms with Gasteiger partial charge in [-0.05, 0) is 54.9 Å². The van der Waals surface area contributed by atoms with Crippen LogP contribution in [0.2, 0.25) is 5.02 Å². The van der Waals surface area contributed by atoms with Crippen molar-refractivity contribution in [3.63, 3.8) is 0 Å². The van der Waals surface area contributed by atoms with Gasteiger partial charge in [0.2, 0.25) is 0 Å². The van der Waals surface area contributed by atoms with E-state index >= 15 is 0 Å². The van der Waals surface area contributed by atoms with Crippen molar-refractivity contribution in [2.45, 2.75) is 45.4 Å². The second kappa shape index (κ2) is 10.4. The molecule has 5 heteroatoms. The number of rotatable bonds is 8. The highest BCUT2D eigenvalue weighted by atomic mass is 35.5. The van der Waals surface area contributed by atoms with Crippen molar-refractivity contribution in [3.8, 4) is 0 Å². The summed E-state index contributed by atoms with van der Waals surface area (Å²) < 4.78 is 0. The van der Waals surface area contributed by atoms with Crippen LogP contribution in [0.4, 0.5) is 0 Å². The number of imide groups is 1. The first-order chi connectivity index (χ1) is 15.6. The van der Waals surface area contributed by atoms with Crippen LogP contribution in [0.25, 0.3) is 5.57 Å². The van der Waals surface area contributed by atoms with Crippen molar-refractivity contribution < 1.29 is 9.59 Å². The number of benzene rings is 2. The van der Waals surface area contributed by atoms with E-state index in [1.165, 1.54) is 10.5 Å². The predicted molar refractivity (Wildman–Crippen MR) is 129 cm³/mol. The molecule has 4 nitrogen and oxygen atoms in total. The third kappa shape index (κ3) is 4.91. The van der Waals surface area contributed by atoms with Gasteiger partial charge in [-0.2, -0.15) is 0 Å². The van der Waals surface area contributed by atoms with Crippen LogP contribution in [0.1, 0.15) is 50.2 Å². The highest BCUT2D eigenvalue weighted by Gasteiger charge is 2.41. The van der Waals surface area contributed by atoms with E-state index in [-0.39, 0.29) is 11.8 Å². The lowest BCUT2D eigenvalue weighted by molar-refractivity contribution is -0.137. The Bertz CT molecular complexity index is 976. The molecule has 2 aliphatic rings. The van der Waals surface area contributed by atoms with Crippen molar-refractivity contribution in [1.82, 2.24) is 9.80 Å². The van der Waals surface area contributed by atoms with E-state index in [1.807, 2.05) is 18.2 Å².